The summed E-state index contributed by atoms with van der Waals surface area (Å²) in [6.45, 7) is 6.85. The molecule has 0 unspecified atom stereocenters. The first kappa shape index (κ1) is 18.4. The van der Waals surface area contributed by atoms with Crippen LogP contribution in [0.1, 0.15) is 44.1 Å². The van der Waals surface area contributed by atoms with Crippen LogP contribution in [0.3, 0.4) is 0 Å². The predicted molar refractivity (Wildman–Crippen MR) is 87.6 cm³/mol. The first-order valence-electron chi connectivity index (χ1n) is 7.33. The summed E-state index contributed by atoms with van der Waals surface area (Å²) in [4.78, 5) is 20.5. The fourth-order valence-corrected chi connectivity index (χ4v) is 2.00. The number of carbonyl (C=O) groups is 1. The molecule has 1 rings (SSSR count). The van der Waals surface area contributed by atoms with Gasteiger partial charge in [-0.2, -0.15) is 4.98 Å². The van der Waals surface area contributed by atoms with E-state index in [2.05, 4.69) is 20.6 Å². The van der Waals surface area contributed by atoms with Crippen molar-refractivity contribution in [3.8, 4) is 5.88 Å². The molecule has 0 fully saturated rings. The van der Waals surface area contributed by atoms with Gasteiger partial charge in [-0.25, -0.2) is 4.98 Å². The van der Waals surface area contributed by atoms with Crippen molar-refractivity contribution in [1.29, 1.82) is 0 Å². The van der Waals surface area contributed by atoms with Crippen LogP contribution in [0.15, 0.2) is 0 Å². The van der Waals surface area contributed by atoms with Gasteiger partial charge in [-0.05, 0) is 19.8 Å². The summed E-state index contributed by atoms with van der Waals surface area (Å²) >= 11 is 6.03. The summed E-state index contributed by atoms with van der Waals surface area (Å²) < 4.78 is 5.13. The maximum Gasteiger partial charge on any atom is 0.275 e. The molecule has 7 nitrogen and oxygen atoms in total. The van der Waals surface area contributed by atoms with Crippen LogP contribution in [0.5, 0.6) is 5.88 Å². The molecular weight excluding hydrogens is 306 g/mol. The molecule has 0 bridgehead atoms. The summed E-state index contributed by atoms with van der Waals surface area (Å²) in [7, 11) is 1.43. The van der Waals surface area contributed by atoms with Crippen LogP contribution in [-0.2, 0) is 0 Å². The van der Waals surface area contributed by atoms with Crippen LogP contribution < -0.4 is 21.1 Å². The number of carbonyl (C=O) groups excluding carboxylic acids is 1. The summed E-state index contributed by atoms with van der Waals surface area (Å²) in [5, 5.41) is 5.85. The van der Waals surface area contributed by atoms with E-state index in [0.29, 0.717) is 18.9 Å². The summed E-state index contributed by atoms with van der Waals surface area (Å²) in [5.74, 6) is 0.0901. The zero-order valence-electron chi connectivity index (χ0n) is 13.5. The minimum atomic E-state index is -0.441. The van der Waals surface area contributed by atoms with Crippen molar-refractivity contribution in [2.24, 2.45) is 5.73 Å². The highest BCUT2D eigenvalue weighted by atomic mass is 35.5. The molecule has 0 aromatic carbocycles. The minimum absolute atomic E-state index is 0.0451. The molecule has 1 aromatic heterocycles. The van der Waals surface area contributed by atoms with E-state index in [1.807, 2.05) is 20.8 Å². The third kappa shape index (κ3) is 4.45. The van der Waals surface area contributed by atoms with E-state index >= 15 is 0 Å². The standard InChI is InChI=1S/C14H24ClN5O2/c1-5-14(16,6-2)8-18-12(21)9-13(22-4)20-11(17-7-3)10(15)19-9/h5-8,16H2,1-4H3,(H,17,20)(H,18,21). The lowest BCUT2D eigenvalue weighted by molar-refractivity contribution is 0.0933. The third-order valence-corrected chi connectivity index (χ3v) is 3.85. The number of nitrogens with two attached hydrogens (primary N) is 1. The average Bonchev–Trinajstić information content (AvgIpc) is 2.54. The SMILES string of the molecule is CCNc1nc(OC)c(C(=O)NCC(N)(CC)CC)nc1Cl. The Morgan fingerprint density at radius 2 is 1.95 bits per heavy atom. The van der Waals surface area contributed by atoms with Gasteiger partial charge in [0.05, 0.1) is 7.11 Å². The van der Waals surface area contributed by atoms with Crippen molar-refractivity contribution in [1.82, 2.24) is 15.3 Å². The Morgan fingerprint density at radius 1 is 1.32 bits per heavy atom. The Morgan fingerprint density at radius 3 is 2.45 bits per heavy atom. The quantitative estimate of drug-likeness (QED) is 0.672. The highest BCUT2D eigenvalue weighted by Gasteiger charge is 2.24. The molecule has 0 aliphatic heterocycles. The first-order chi connectivity index (χ1) is 10.4. The van der Waals surface area contributed by atoms with Crippen molar-refractivity contribution in [2.75, 3.05) is 25.5 Å². The maximum atomic E-state index is 12.3. The van der Waals surface area contributed by atoms with E-state index in [4.69, 9.17) is 22.1 Å². The number of hydrogen-bond donors (Lipinski definition) is 3. The van der Waals surface area contributed by atoms with E-state index in [-0.39, 0.29) is 16.7 Å². The molecule has 0 aliphatic rings. The molecule has 1 heterocycles. The average molecular weight is 330 g/mol. The number of methoxy groups -OCH3 is 1. The first-order valence-corrected chi connectivity index (χ1v) is 7.71. The van der Waals surface area contributed by atoms with Crippen LogP contribution in [0.4, 0.5) is 5.82 Å². The monoisotopic (exact) mass is 329 g/mol. The van der Waals surface area contributed by atoms with Crippen molar-refractivity contribution in [3.05, 3.63) is 10.8 Å². The lowest BCUT2D eigenvalue weighted by atomic mass is 9.94. The van der Waals surface area contributed by atoms with E-state index in [1.165, 1.54) is 7.11 Å². The number of nitrogens with one attached hydrogen (secondary N) is 2. The van der Waals surface area contributed by atoms with Crippen LogP contribution in [0.25, 0.3) is 0 Å². The molecule has 22 heavy (non-hydrogen) atoms. The fourth-order valence-electron chi connectivity index (χ4n) is 1.81. The number of amides is 1. The lowest BCUT2D eigenvalue weighted by Gasteiger charge is -2.26. The molecule has 124 valence electrons. The zero-order chi connectivity index (χ0) is 16.8. The van der Waals surface area contributed by atoms with Crippen LogP contribution in [-0.4, -0.2) is 41.6 Å². The summed E-state index contributed by atoms with van der Waals surface area (Å²) in [6.07, 6.45) is 1.51. The van der Waals surface area contributed by atoms with Gasteiger partial charge in [-0.1, -0.05) is 25.4 Å². The van der Waals surface area contributed by atoms with Crippen molar-refractivity contribution in [3.63, 3.8) is 0 Å². The second-order valence-electron chi connectivity index (χ2n) is 5.00. The van der Waals surface area contributed by atoms with E-state index in [0.717, 1.165) is 12.8 Å². The van der Waals surface area contributed by atoms with Crippen LogP contribution in [0.2, 0.25) is 5.15 Å². The Kier molecular flexibility index (Phi) is 6.83. The predicted octanol–water partition coefficient (Wildman–Crippen LogP) is 1.82. The largest absolute Gasteiger partial charge is 0.479 e. The Hall–Kier alpha value is -1.60. The maximum absolute atomic E-state index is 12.3. The topological polar surface area (TPSA) is 102 Å². The molecule has 0 aliphatic carbocycles. The van der Waals surface area contributed by atoms with Gasteiger partial charge in [0.1, 0.15) is 0 Å². The molecular formula is C14H24ClN5O2. The second-order valence-corrected chi connectivity index (χ2v) is 5.36. The number of nitrogens with zero attached hydrogens (tertiary/aromatic N) is 2. The molecule has 0 saturated carbocycles. The van der Waals surface area contributed by atoms with E-state index in [9.17, 15) is 4.79 Å². The van der Waals surface area contributed by atoms with Crippen molar-refractivity contribution >= 4 is 23.3 Å². The van der Waals surface area contributed by atoms with Gasteiger partial charge in [0.2, 0.25) is 5.88 Å². The highest BCUT2D eigenvalue weighted by molar-refractivity contribution is 6.31. The number of halogens is 1. The smallest absolute Gasteiger partial charge is 0.275 e. The van der Waals surface area contributed by atoms with Crippen LogP contribution >= 0.6 is 11.6 Å². The molecule has 4 N–H and O–H groups in total. The number of rotatable bonds is 8. The molecule has 0 saturated heterocycles. The summed E-state index contributed by atoms with van der Waals surface area (Å²) in [5.41, 5.74) is 5.77. The van der Waals surface area contributed by atoms with Crippen molar-refractivity contribution in [2.45, 2.75) is 39.2 Å². The van der Waals surface area contributed by atoms with E-state index < -0.39 is 11.4 Å². The normalized spacial score (nSPS) is 11.2. The molecule has 1 aromatic rings. The molecule has 8 heteroatoms. The number of hydrogen-bond acceptors (Lipinski definition) is 6. The number of anilines is 1. The second kappa shape index (κ2) is 8.14. The van der Waals surface area contributed by atoms with Crippen LogP contribution in [0, 0.1) is 0 Å². The minimum Gasteiger partial charge on any atom is -0.479 e. The lowest BCUT2D eigenvalue weighted by Crippen LogP contribution is -2.49. The van der Waals surface area contributed by atoms with Gasteiger partial charge in [-0.15, -0.1) is 0 Å². The molecule has 0 spiro atoms. The Balaban J connectivity index is 2.95. The summed E-state index contributed by atoms with van der Waals surface area (Å²) in [6, 6.07) is 0. The number of aromatic nitrogens is 2. The highest BCUT2D eigenvalue weighted by Crippen LogP contribution is 2.23. The van der Waals surface area contributed by atoms with E-state index in [1.54, 1.807) is 0 Å². The third-order valence-electron chi connectivity index (χ3n) is 3.58. The molecule has 1 amide bonds. The van der Waals surface area contributed by atoms with Gasteiger partial charge in [-0.3, -0.25) is 4.79 Å². The molecule has 0 radical (unpaired) electrons. The van der Waals surface area contributed by atoms with Gasteiger partial charge < -0.3 is 21.1 Å². The Labute approximate surface area is 136 Å². The van der Waals surface area contributed by atoms with Gasteiger partial charge >= 0.3 is 0 Å². The van der Waals surface area contributed by atoms with Crippen molar-refractivity contribution < 1.29 is 9.53 Å². The number of ether oxygens (including phenoxy) is 1. The van der Waals surface area contributed by atoms with Gasteiger partial charge in [0.15, 0.2) is 16.7 Å². The fraction of sp³-hybridized carbons (Fsp3) is 0.643. The molecule has 0 atom stereocenters. The van der Waals surface area contributed by atoms with Gasteiger partial charge in [0.25, 0.3) is 5.91 Å². The Bertz CT molecular complexity index is 520. The zero-order valence-corrected chi connectivity index (χ0v) is 14.3. The van der Waals surface area contributed by atoms with Gasteiger partial charge in [0, 0.05) is 18.6 Å².